The van der Waals surface area contributed by atoms with Crippen LogP contribution in [0.15, 0.2) is 54.1 Å². The average molecular weight is 604 g/mol. The van der Waals surface area contributed by atoms with Gasteiger partial charge in [-0.3, -0.25) is 14.5 Å². The number of unbranched alkanes of at least 4 members (excludes halogenated alkanes) is 1. The molecule has 1 amide bonds. The van der Waals surface area contributed by atoms with Gasteiger partial charge in [-0.1, -0.05) is 37.6 Å². The molecule has 0 aromatic heterocycles. The smallest absolute Gasteiger partial charge is 0.295 e. The molecule has 0 radical (unpaired) electrons. The third-order valence-electron chi connectivity index (χ3n) is 6.58. The van der Waals surface area contributed by atoms with E-state index in [1.165, 1.54) is 0 Å². The zero-order chi connectivity index (χ0) is 25.5. The minimum Gasteiger partial charge on any atom is -0.507 e. The molecule has 2 saturated heterocycles. The summed E-state index contributed by atoms with van der Waals surface area (Å²) in [6.07, 6.45) is 2.68. The largest absolute Gasteiger partial charge is 0.507 e. The van der Waals surface area contributed by atoms with Crippen LogP contribution in [0.1, 0.15) is 43.4 Å². The van der Waals surface area contributed by atoms with Crippen molar-refractivity contribution in [2.24, 2.45) is 0 Å². The fourth-order valence-corrected chi connectivity index (χ4v) is 4.97. The minimum atomic E-state index is -0.653. The summed E-state index contributed by atoms with van der Waals surface area (Å²) in [6, 6.07) is 14.2. The van der Waals surface area contributed by atoms with Gasteiger partial charge in [0, 0.05) is 35.3 Å². The molecule has 2 fully saturated rings. The number of carbonyl (C=O) groups excluding carboxylic acids is 2. The highest BCUT2D eigenvalue weighted by atomic mass is 127. The van der Waals surface area contributed by atoms with Crippen LogP contribution in [0.3, 0.4) is 0 Å². The van der Waals surface area contributed by atoms with Gasteiger partial charge in [-0.05, 0) is 65.3 Å². The van der Waals surface area contributed by atoms with Crippen LogP contribution < -0.4 is 4.74 Å². The van der Waals surface area contributed by atoms with E-state index in [-0.39, 0.29) is 11.3 Å². The Morgan fingerprint density at radius 2 is 1.83 bits per heavy atom. The van der Waals surface area contributed by atoms with Crippen LogP contribution in [0.4, 0.5) is 0 Å². The number of hydrogen-bond donors (Lipinski definition) is 1. The molecule has 7 nitrogen and oxygen atoms in total. The standard InChI is InChI=1S/C28H33IN2O5/c1-2-3-16-36-23-7-4-6-21(19-23)26(32)24-25(20-8-10-22(29)11-9-20)31(28(34)27(24)33)13-5-12-30-14-17-35-18-15-30/h4,6-11,19,25,32H,2-3,5,12-18H2,1H3. The van der Waals surface area contributed by atoms with Gasteiger partial charge in [0.25, 0.3) is 11.7 Å². The summed E-state index contributed by atoms with van der Waals surface area (Å²) >= 11 is 2.23. The summed E-state index contributed by atoms with van der Waals surface area (Å²) < 4.78 is 12.3. The second-order valence-electron chi connectivity index (χ2n) is 9.08. The number of ether oxygens (including phenoxy) is 2. The molecule has 0 saturated carbocycles. The SMILES string of the molecule is CCCCOc1cccc(C(O)=C2C(=O)C(=O)N(CCCN3CCOCC3)C2c2ccc(I)cc2)c1. The number of aliphatic hydroxyl groups excluding tert-OH is 1. The Hall–Kier alpha value is -2.43. The van der Waals surface area contributed by atoms with Crippen LogP contribution in [-0.4, -0.2) is 72.6 Å². The summed E-state index contributed by atoms with van der Waals surface area (Å²) in [5.41, 5.74) is 1.39. The Balaban J connectivity index is 1.64. The van der Waals surface area contributed by atoms with Gasteiger partial charge < -0.3 is 19.5 Å². The Bertz CT molecular complexity index is 1100. The number of halogens is 1. The van der Waals surface area contributed by atoms with Crippen molar-refractivity contribution >= 4 is 40.0 Å². The summed E-state index contributed by atoms with van der Waals surface area (Å²) in [6.45, 7) is 7.10. The molecule has 192 valence electrons. The van der Waals surface area contributed by atoms with Crippen molar-refractivity contribution in [1.29, 1.82) is 0 Å². The van der Waals surface area contributed by atoms with Gasteiger partial charge in [0.15, 0.2) is 0 Å². The number of rotatable bonds is 10. The number of amides is 1. The Labute approximate surface area is 226 Å². The molecule has 36 heavy (non-hydrogen) atoms. The molecular formula is C28H33IN2O5. The molecule has 1 atom stereocenters. The quantitative estimate of drug-likeness (QED) is 0.140. The van der Waals surface area contributed by atoms with Crippen LogP contribution in [0, 0.1) is 3.57 Å². The summed E-state index contributed by atoms with van der Waals surface area (Å²) in [4.78, 5) is 30.4. The fourth-order valence-electron chi connectivity index (χ4n) is 4.61. The molecule has 2 aliphatic rings. The maximum atomic E-state index is 13.3. The number of morpholine rings is 1. The van der Waals surface area contributed by atoms with Gasteiger partial charge in [-0.25, -0.2) is 0 Å². The molecule has 2 heterocycles. The number of likely N-dealkylation sites (tertiary alicyclic amines) is 1. The van der Waals surface area contributed by atoms with Crippen molar-refractivity contribution in [3.63, 3.8) is 0 Å². The monoisotopic (exact) mass is 604 g/mol. The minimum absolute atomic E-state index is 0.123. The highest BCUT2D eigenvalue weighted by Gasteiger charge is 2.45. The van der Waals surface area contributed by atoms with Gasteiger partial charge in [0.1, 0.15) is 11.5 Å². The predicted molar refractivity (Wildman–Crippen MR) is 147 cm³/mol. The summed E-state index contributed by atoms with van der Waals surface area (Å²) in [7, 11) is 0. The zero-order valence-corrected chi connectivity index (χ0v) is 22.8. The van der Waals surface area contributed by atoms with E-state index in [1.54, 1.807) is 23.1 Å². The van der Waals surface area contributed by atoms with E-state index in [2.05, 4.69) is 34.4 Å². The number of carbonyl (C=O) groups is 2. The van der Waals surface area contributed by atoms with Crippen LogP contribution in [-0.2, 0) is 14.3 Å². The number of aliphatic hydroxyl groups is 1. The Morgan fingerprint density at radius 3 is 2.56 bits per heavy atom. The molecule has 8 heteroatoms. The molecule has 4 rings (SSSR count). The van der Waals surface area contributed by atoms with E-state index in [9.17, 15) is 14.7 Å². The molecule has 1 N–H and O–H groups in total. The third kappa shape index (κ3) is 6.27. The first-order valence-corrected chi connectivity index (χ1v) is 13.6. The second-order valence-corrected chi connectivity index (χ2v) is 10.3. The van der Waals surface area contributed by atoms with E-state index in [4.69, 9.17) is 9.47 Å². The lowest BCUT2D eigenvalue weighted by atomic mass is 9.95. The highest BCUT2D eigenvalue weighted by Crippen LogP contribution is 2.40. The van der Waals surface area contributed by atoms with Gasteiger partial charge in [-0.15, -0.1) is 0 Å². The lowest BCUT2D eigenvalue weighted by Gasteiger charge is -2.29. The lowest BCUT2D eigenvalue weighted by molar-refractivity contribution is -0.140. The summed E-state index contributed by atoms with van der Waals surface area (Å²) in [5.74, 6) is -0.774. The number of hydrogen-bond acceptors (Lipinski definition) is 6. The Morgan fingerprint density at radius 1 is 1.08 bits per heavy atom. The normalized spacial score (nSPS) is 20.2. The zero-order valence-electron chi connectivity index (χ0n) is 20.6. The van der Waals surface area contributed by atoms with Crippen molar-refractivity contribution in [1.82, 2.24) is 9.80 Å². The molecule has 0 aliphatic carbocycles. The molecule has 2 aromatic rings. The predicted octanol–water partition coefficient (Wildman–Crippen LogP) is 4.61. The molecule has 0 spiro atoms. The first-order chi connectivity index (χ1) is 17.5. The van der Waals surface area contributed by atoms with Crippen LogP contribution in [0.5, 0.6) is 5.75 Å². The van der Waals surface area contributed by atoms with Crippen LogP contribution in [0.25, 0.3) is 5.76 Å². The van der Waals surface area contributed by atoms with E-state index in [1.807, 2.05) is 30.3 Å². The highest BCUT2D eigenvalue weighted by molar-refractivity contribution is 14.1. The fraction of sp³-hybridized carbons (Fsp3) is 0.429. The Kier molecular flexibility index (Phi) is 9.39. The van der Waals surface area contributed by atoms with Gasteiger partial charge >= 0.3 is 0 Å². The van der Waals surface area contributed by atoms with Crippen molar-refractivity contribution < 1.29 is 24.2 Å². The number of benzene rings is 2. The summed E-state index contributed by atoms with van der Waals surface area (Å²) in [5, 5.41) is 11.3. The van der Waals surface area contributed by atoms with Gasteiger partial charge in [0.2, 0.25) is 0 Å². The van der Waals surface area contributed by atoms with Crippen LogP contribution in [0.2, 0.25) is 0 Å². The number of ketones is 1. The van der Waals surface area contributed by atoms with E-state index >= 15 is 0 Å². The number of Topliss-reactive ketones (excluding diaryl/α,β-unsaturated/α-hetero) is 1. The molecule has 0 bridgehead atoms. The lowest BCUT2D eigenvalue weighted by Crippen LogP contribution is -2.38. The van der Waals surface area contributed by atoms with Gasteiger partial charge in [-0.2, -0.15) is 0 Å². The van der Waals surface area contributed by atoms with Crippen molar-refractivity contribution in [2.45, 2.75) is 32.2 Å². The van der Waals surface area contributed by atoms with E-state index in [0.717, 1.165) is 48.0 Å². The molecule has 2 aromatic carbocycles. The van der Waals surface area contributed by atoms with Gasteiger partial charge in [0.05, 0.1) is 31.4 Å². The second kappa shape index (κ2) is 12.7. The first kappa shape index (κ1) is 26.6. The van der Waals surface area contributed by atoms with Crippen molar-refractivity contribution in [3.8, 4) is 5.75 Å². The topological polar surface area (TPSA) is 79.3 Å². The number of nitrogens with zero attached hydrogens (tertiary/aromatic N) is 2. The molecular weight excluding hydrogens is 571 g/mol. The average Bonchev–Trinajstić information content (AvgIpc) is 3.15. The molecule has 2 aliphatic heterocycles. The maximum Gasteiger partial charge on any atom is 0.295 e. The van der Waals surface area contributed by atoms with Crippen LogP contribution >= 0.6 is 22.6 Å². The van der Waals surface area contributed by atoms with Crippen molar-refractivity contribution in [3.05, 3.63) is 68.8 Å². The maximum absolute atomic E-state index is 13.3. The van der Waals surface area contributed by atoms with E-state index < -0.39 is 17.7 Å². The van der Waals surface area contributed by atoms with E-state index in [0.29, 0.717) is 37.7 Å². The van der Waals surface area contributed by atoms with Crippen molar-refractivity contribution in [2.75, 3.05) is 46.0 Å². The first-order valence-electron chi connectivity index (χ1n) is 12.6. The third-order valence-corrected chi connectivity index (χ3v) is 7.30. The molecule has 1 unspecified atom stereocenters.